The van der Waals surface area contributed by atoms with E-state index in [4.69, 9.17) is 4.74 Å². The number of carbonyl (C=O) groups excluding carboxylic acids is 1. The van der Waals surface area contributed by atoms with E-state index in [0.717, 1.165) is 25.1 Å². The van der Waals surface area contributed by atoms with Gasteiger partial charge < -0.3 is 15.4 Å². The molecule has 1 aromatic rings. The Balaban J connectivity index is 0.00000180. The van der Waals surface area contributed by atoms with Crippen LogP contribution in [0.15, 0.2) is 24.3 Å². The van der Waals surface area contributed by atoms with Crippen molar-refractivity contribution >= 4 is 18.3 Å². The fraction of sp³-hybridized carbons (Fsp3) is 0.500. The summed E-state index contributed by atoms with van der Waals surface area (Å²) in [6, 6.07) is 7.89. The lowest BCUT2D eigenvalue weighted by Crippen LogP contribution is -2.41. The Morgan fingerprint density at radius 2 is 2.37 bits per heavy atom. The summed E-state index contributed by atoms with van der Waals surface area (Å²) >= 11 is 0. The van der Waals surface area contributed by atoms with Gasteiger partial charge in [0.2, 0.25) is 5.91 Å². The van der Waals surface area contributed by atoms with Gasteiger partial charge in [0, 0.05) is 0 Å². The molecule has 1 aliphatic heterocycles. The molecule has 1 fully saturated rings. The van der Waals surface area contributed by atoms with Gasteiger partial charge in [-0.3, -0.25) is 4.79 Å². The molecule has 2 N–H and O–H groups in total. The molecule has 1 aromatic carbocycles. The lowest BCUT2D eigenvalue weighted by Gasteiger charge is -2.11. The average molecular weight is 285 g/mol. The molecule has 0 aliphatic carbocycles. The monoisotopic (exact) mass is 284 g/mol. The second kappa shape index (κ2) is 8.02. The minimum absolute atomic E-state index is 0. The second-order valence-electron chi connectivity index (χ2n) is 4.60. The maximum absolute atomic E-state index is 11.7. The van der Waals surface area contributed by atoms with Crippen molar-refractivity contribution in [3.8, 4) is 5.75 Å². The smallest absolute Gasteiger partial charge is 0.237 e. The zero-order valence-electron chi connectivity index (χ0n) is 11.1. The number of nitrogens with one attached hydrogen (secondary N) is 2. The first-order chi connectivity index (χ1) is 8.75. The minimum atomic E-state index is -0.0102. The first kappa shape index (κ1) is 15.8. The highest BCUT2D eigenvalue weighted by atomic mass is 35.5. The van der Waals surface area contributed by atoms with Crippen LogP contribution in [0.25, 0.3) is 0 Å². The molecule has 4 nitrogen and oxygen atoms in total. The molecule has 5 heteroatoms. The maximum Gasteiger partial charge on any atom is 0.237 e. The van der Waals surface area contributed by atoms with Crippen molar-refractivity contribution < 1.29 is 9.53 Å². The van der Waals surface area contributed by atoms with Gasteiger partial charge in [0.1, 0.15) is 12.4 Å². The topological polar surface area (TPSA) is 50.4 Å². The van der Waals surface area contributed by atoms with E-state index in [1.54, 1.807) is 0 Å². The van der Waals surface area contributed by atoms with Gasteiger partial charge in [0.25, 0.3) is 0 Å². The highest BCUT2D eigenvalue weighted by molar-refractivity contribution is 5.85. The van der Waals surface area contributed by atoms with E-state index in [1.807, 2.05) is 31.2 Å². The molecule has 0 radical (unpaired) electrons. The molecule has 2 rings (SSSR count). The summed E-state index contributed by atoms with van der Waals surface area (Å²) in [6.45, 7) is 4.02. The minimum Gasteiger partial charge on any atom is -0.492 e. The van der Waals surface area contributed by atoms with Crippen LogP contribution in [0.3, 0.4) is 0 Å². The molecule has 1 heterocycles. The Morgan fingerprint density at radius 3 is 3.05 bits per heavy atom. The summed E-state index contributed by atoms with van der Waals surface area (Å²) in [6.07, 6.45) is 2.02. The number of hydrogen-bond acceptors (Lipinski definition) is 3. The van der Waals surface area contributed by atoms with Gasteiger partial charge in [-0.2, -0.15) is 0 Å². The maximum atomic E-state index is 11.7. The Kier molecular flexibility index (Phi) is 6.67. The molecular formula is C14H21ClN2O2. The summed E-state index contributed by atoms with van der Waals surface area (Å²) < 4.78 is 5.56. The van der Waals surface area contributed by atoms with Gasteiger partial charge in [-0.25, -0.2) is 0 Å². The van der Waals surface area contributed by atoms with Gasteiger partial charge in [-0.05, 0) is 44.0 Å². The molecule has 106 valence electrons. The van der Waals surface area contributed by atoms with Crippen molar-refractivity contribution in [3.05, 3.63) is 29.8 Å². The first-order valence-electron chi connectivity index (χ1n) is 6.46. The normalized spacial score (nSPS) is 17.6. The highest BCUT2D eigenvalue weighted by Gasteiger charge is 2.21. The summed E-state index contributed by atoms with van der Waals surface area (Å²) in [7, 11) is 0. The zero-order chi connectivity index (χ0) is 12.8. The van der Waals surface area contributed by atoms with E-state index in [-0.39, 0.29) is 24.4 Å². The third kappa shape index (κ3) is 5.09. The van der Waals surface area contributed by atoms with Crippen LogP contribution in [-0.4, -0.2) is 31.6 Å². The Labute approximate surface area is 120 Å². The average Bonchev–Trinajstić information content (AvgIpc) is 2.88. The summed E-state index contributed by atoms with van der Waals surface area (Å²) in [4.78, 5) is 11.7. The Morgan fingerprint density at radius 1 is 1.53 bits per heavy atom. The second-order valence-corrected chi connectivity index (χ2v) is 4.60. The lowest BCUT2D eigenvalue weighted by atomic mass is 10.2. The van der Waals surface area contributed by atoms with Crippen molar-refractivity contribution in [1.82, 2.24) is 10.6 Å². The van der Waals surface area contributed by atoms with E-state index in [0.29, 0.717) is 13.2 Å². The number of rotatable bonds is 5. The van der Waals surface area contributed by atoms with E-state index in [2.05, 4.69) is 10.6 Å². The van der Waals surface area contributed by atoms with Crippen LogP contribution in [0.5, 0.6) is 5.75 Å². The van der Waals surface area contributed by atoms with Crippen molar-refractivity contribution in [1.29, 1.82) is 0 Å². The van der Waals surface area contributed by atoms with Crippen molar-refractivity contribution in [2.75, 3.05) is 19.7 Å². The van der Waals surface area contributed by atoms with Crippen LogP contribution < -0.4 is 15.4 Å². The quantitative estimate of drug-likeness (QED) is 0.809. The van der Waals surface area contributed by atoms with Gasteiger partial charge in [0.05, 0.1) is 12.6 Å². The standard InChI is InChI=1S/C14H20N2O2.ClH/c1-11-4-2-5-12(10-11)18-9-8-16-14(17)13-6-3-7-15-13;/h2,4-5,10,13,15H,3,6-9H2,1H3,(H,16,17);1H. The van der Waals surface area contributed by atoms with Crippen molar-refractivity contribution in [3.63, 3.8) is 0 Å². The van der Waals surface area contributed by atoms with E-state index >= 15 is 0 Å². The number of amides is 1. The Hall–Kier alpha value is -1.26. The van der Waals surface area contributed by atoms with Crippen LogP contribution in [-0.2, 0) is 4.79 Å². The van der Waals surface area contributed by atoms with Crippen molar-refractivity contribution in [2.24, 2.45) is 0 Å². The molecule has 1 aliphatic rings. The predicted molar refractivity (Wildman–Crippen MR) is 78.0 cm³/mol. The van der Waals surface area contributed by atoms with Crippen LogP contribution >= 0.6 is 12.4 Å². The highest BCUT2D eigenvalue weighted by Crippen LogP contribution is 2.11. The third-order valence-electron chi connectivity index (χ3n) is 3.04. The predicted octanol–water partition coefficient (Wildman–Crippen LogP) is 1.66. The number of benzene rings is 1. The number of aryl methyl sites for hydroxylation is 1. The SMILES string of the molecule is Cc1cccc(OCCNC(=O)C2CCCN2)c1.Cl. The number of hydrogen-bond donors (Lipinski definition) is 2. The molecule has 0 aromatic heterocycles. The van der Waals surface area contributed by atoms with Gasteiger partial charge in [0.15, 0.2) is 0 Å². The summed E-state index contributed by atoms with van der Waals surface area (Å²) in [5, 5.41) is 6.05. The molecule has 19 heavy (non-hydrogen) atoms. The largest absolute Gasteiger partial charge is 0.492 e. The summed E-state index contributed by atoms with van der Waals surface area (Å²) in [5.41, 5.74) is 1.17. The van der Waals surface area contributed by atoms with Gasteiger partial charge in [-0.1, -0.05) is 12.1 Å². The Bertz CT molecular complexity index is 406. The van der Waals surface area contributed by atoms with E-state index in [1.165, 1.54) is 5.56 Å². The number of halogens is 1. The van der Waals surface area contributed by atoms with Crippen LogP contribution in [0.1, 0.15) is 18.4 Å². The molecular weight excluding hydrogens is 264 g/mol. The molecule has 0 bridgehead atoms. The molecule has 1 atom stereocenters. The van der Waals surface area contributed by atoms with E-state index in [9.17, 15) is 4.79 Å². The van der Waals surface area contributed by atoms with E-state index < -0.39 is 0 Å². The van der Waals surface area contributed by atoms with Gasteiger partial charge >= 0.3 is 0 Å². The van der Waals surface area contributed by atoms with Crippen LogP contribution in [0, 0.1) is 6.92 Å². The molecule has 1 unspecified atom stereocenters. The first-order valence-corrected chi connectivity index (χ1v) is 6.46. The summed E-state index contributed by atoms with van der Waals surface area (Å²) in [5.74, 6) is 0.934. The van der Waals surface area contributed by atoms with Gasteiger partial charge in [-0.15, -0.1) is 12.4 Å². The fourth-order valence-corrected chi connectivity index (χ4v) is 2.08. The van der Waals surface area contributed by atoms with Crippen molar-refractivity contribution in [2.45, 2.75) is 25.8 Å². The lowest BCUT2D eigenvalue weighted by molar-refractivity contribution is -0.122. The molecule has 1 saturated heterocycles. The number of ether oxygens (including phenoxy) is 1. The molecule has 0 saturated carbocycles. The third-order valence-corrected chi connectivity index (χ3v) is 3.04. The molecule has 1 amide bonds. The zero-order valence-corrected chi connectivity index (χ0v) is 12.0. The van der Waals surface area contributed by atoms with Crippen LogP contribution in [0.2, 0.25) is 0 Å². The number of carbonyl (C=O) groups is 1. The van der Waals surface area contributed by atoms with Crippen LogP contribution in [0.4, 0.5) is 0 Å². The molecule has 0 spiro atoms. The fourth-order valence-electron chi connectivity index (χ4n) is 2.08.